The van der Waals surface area contributed by atoms with E-state index in [2.05, 4.69) is 24.0 Å². The van der Waals surface area contributed by atoms with E-state index < -0.39 is 11.8 Å². The van der Waals surface area contributed by atoms with Gasteiger partial charge in [-0.1, -0.05) is 25.9 Å². The van der Waals surface area contributed by atoms with Crippen LogP contribution in [0.3, 0.4) is 0 Å². The summed E-state index contributed by atoms with van der Waals surface area (Å²) in [5.41, 5.74) is 0.792. The van der Waals surface area contributed by atoms with E-state index in [1.807, 2.05) is 6.92 Å². The fraction of sp³-hybridized carbons (Fsp3) is 0.500. The first-order valence-electron chi connectivity index (χ1n) is 7.01. The lowest BCUT2D eigenvalue weighted by Crippen LogP contribution is -2.40. The van der Waals surface area contributed by atoms with Gasteiger partial charge in [0.05, 0.1) is 11.9 Å². The molecule has 2 aromatic heterocycles. The summed E-state index contributed by atoms with van der Waals surface area (Å²) in [4.78, 5) is 4.29. The fourth-order valence-corrected chi connectivity index (χ4v) is 3.75. The maximum absolute atomic E-state index is 13.3. The molecule has 0 radical (unpaired) electrons. The van der Waals surface area contributed by atoms with Crippen LogP contribution in [0.15, 0.2) is 29.0 Å². The standard InChI is InChI=1S/C16H18F2N2O/c1-15(2)9-16(3,7-10-8-20-21-13(10)15)12-11(14(17)18)5-4-6-19-12/h4-6,8,14H,7,9H2,1-3H3. The molecule has 0 N–H and O–H groups in total. The zero-order valence-corrected chi connectivity index (χ0v) is 12.4. The molecule has 2 aromatic rings. The second-order valence-electron chi connectivity index (χ2n) is 6.72. The molecule has 1 aliphatic rings. The summed E-state index contributed by atoms with van der Waals surface area (Å²) < 4.78 is 32.0. The molecule has 0 spiro atoms. The number of aromatic nitrogens is 2. The molecule has 2 heterocycles. The van der Waals surface area contributed by atoms with Crippen LogP contribution in [0.4, 0.5) is 8.78 Å². The number of alkyl halides is 2. The smallest absolute Gasteiger partial charge is 0.265 e. The normalized spacial score (nSPS) is 24.1. The largest absolute Gasteiger partial charge is 0.361 e. The first kappa shape index (κ1) is 14.2. The van der Waals surface area contributed by atoms with E-state index in [0.29, 0.717) is 18.5 Å². The Labute approximate surface area is 122 Å². The second kappa shape index (κ2) is 4.61. The molecule has 0 saturated heterocycles. The average Bonchev–Trinajstić information content (AvgIpc) is 2.86. The lowest BCUT2D eigenvalue weighted by molar-refractivity contribution is 0.144. The molecule has 5 heteroatoms. The molecule has 21 heavy (non-hydrogen) atoms. The van der Waals surface area contributed by atoms with Crippen molar-refractivity contribution in [2.45, 2.75) is 50.9 Å². The Kier molecular flexibility index (Phi) is 3.11. The van der Waals surface area contributed by atoms with Crippen LogP contribution in [-0.2, 0) is 17.3 Å². The maximum atomic E-state index is 13.3. The molecule has 0 aromatic carbocycles. The number of rotatable bonds is 2. The second-order valence-corrected chi connectivity index (χ2v) is 6.72. The van der Waals surface area contributed by atoms with E-state index in [0.717, 1.165) is 11.3 Å². The van der Waals surface area contributed by atoms with Crippen molar-refractivity contribution in [2.24, 2.45) is 0 Å². The van der Waals surface area contributed by atoms with Gasteiger partial charge in [-0.3, -0.25) is 4.98 Å². The monoisotopic (exact) mass is 292 g/mol. The van der Waals surface area contributed by atoms with Crippen molar-refractivity contribution >= 4 is 0 Å². The average molecular weight is 292 g/mol. The highest BCUT2D eigenvalue weighted by Gasteiger charge is 2.46. The van der Waals surface area contributed by atoms with Crippen LogP contribution < -0.4 is 0 Å². The Morgan fingerprint density at radius 3 is 2.76 bits per heavy atom. The van der Waals surface area contributed by atoms with Gasteiger partial charge in [0, 0.05) is 28.2 Å². The van der Waals surface area contributed by atoms with E-state index in [1.54, 1.807) is 18.5 Å². The van der Waals surface area contributed by atoms with Crippen LogP contribution in [0.25, 0.3) is 0 Å². The summed E-state index contributed by atoms with van der Waals surface area (Å²) in [6.45, 7) is 6.11. The molecule has 3 rings (SSSR count). The number of halogens is 2. The SMILES string of the molecule is CC1(C)CC(C)(c2ncccc2C(F)F)Cc2cnoc21. The summed E-state index contributed by atoms with van der Waals surface area (Å²) in [6.07, 6.45) is 2.07. The third-order valence-electron chi connectivity index (χ3n) is 4.32. The summed E-state index contributed by atoms with van der Waals surface area (Å²) in [5.74, 6) is 0.856. The van der Waals surface area contributed by atoms with Crippen LogP contribution in [0.5, 0.6) is 0 Å². The van der Waals surface area contributed by atoms with Gasteiger partial charge in [0.15, 0.2) is 0 Å². The molecule has 0 aliphatic heterocycles. The van der Waals surface area contributed by atoms with E-state index in [4.69, 9.17) is 4.52 Å². The highest BCUT2D eigenvalue weighted by molar-refractivity contribution is 5.37. The van der Waals surface area contributed by atoms with Gasteiger partial charge in [-0.05, 0) is 25.0 Å². The highest BCUT2D eigenvalue weighted by Crippen LogP contribution is 2.48. The van der Waals surface area contributed by atoms with Crippen molar-refractivity contribution in [1.82, 2.24) is 10.1 Å². The number of pyridine rings is 1. The fourth-order valence-electron chi connectivity index (χ4n) is 3.75. The topological polar surface area (TPSA) is 38.9 Å². The van der Waals surface area contributed by atoms with Crippen molar-refractivity contribution in [3.63, 3.8) is 0 Å². The van der Waals surface area contributed by atoms with Gasteiger partial charge in [0.25, 0.3) is 6.43 Å². The zero-order valence-electron chi connectivity index (χ0n) is 12.4. The van der Waals surface area contributed by atoms with Crippen molar-refractivity contribution in [2.75, 3.05) is 0 Å². The lowest BCUT2D eigenvalue weighted by Gasteiger charge is -2.41. The van der Waals surface area contributed by atoms with Gasteiger partial charge in [-0.25, -0.2) is 8.78 Å². The van der Waals surface area contributed by atoms with Gasteiger partial charge in [0.2, 0.25) is 0 Å². The van der Waals surface area contributed by atoms with E-state index in [-0.39, 0.29) is 11.0 Å². The third-order valence-corrected chi connectivity index (χ3v) is 4.32. The molecule has 112 valence electrons. The zero-order chi connectivity index (χ0) is 15.3. The van der Waals surface area contributed by atoms with Crippen molar-refractivity contribution < 1.29 is 13.3 Å². The molecule has 0 fully saturated rings. The molecule has 1 atom stereocenters. The summed E-state index contributed by atoms with van der Waals surface area (Å²) in [6, 6.07) is 3.03. The predicted octanol–water partition coefficient (Wildman–Crippen LogP) is 4.19. The Hall–Kier alpha value is -1.78. The summed E-state index contributed by atoms with van der Waals surface area (Å²) in [5, 5.41) is 3.87. The molecule has 1 unspecified atom stereocenters. The predicted molar refractivity (Wildman–Crippen MR) is 74.4 cm³/mol. The van der Waals surface area contributed by atoms with E-state index >= 15 is 0 Å². The van der Waals surface area contributed by atoms with Gasteiger partial charge < -0.3 is 4.52 Å². The van der Waals surface area contributed by atoms with Crippen LogP contribution in [0.1, 0.15) is 56.2 Å². The van der Waals surface area contributed by atoms with Gasteiger partial charge >= 0.3 is 0 Å². The minimum absolute atomic E-state index is 0.0238. The Balaban J connectivity index is 2.12. The molecular formula is C16H18F2N2O. The Bertz CT molecular complexity index is 666. The van der Waals surface area contributed by atoms with Crippen molar-refractivity contribution in [1.29, 1.82) is 0 Å². The molecule has 3 nitrogen and oxygen atoms in total. The van der Waals surface area contributed by atoms with Crippen LogP contribution in [0.2, 0.25) is 0 Å². The summed E-state index contributed by atoms with van der Waals surface area (Å²) >= 11 is 0. The van der Waals surface area contributed by atoms with Crippen LogP contribution in [0, 0.1) is 0 Å². The molecule has 0 saturated carbocycles. The van der Waals surface area contributed by atoms with Gasteiger partial charge in [0.1, 0.15) is 5.76 Å². The lowest BCUT2D eigenvalue weighted by atomic mass is 9.62. The quantitative estimate of drug-likeness (QED) is 0.833. The minimum atomic E-state index is -2.52. The first-order valence-corrected chi connectivity index (χ1v) is 7.01. The summed E-state index contributed by atoms with van der Waals surface area (Å²) in [7, 11) is 0. The van der Waals surface area contributed by atoms with Crippen molar-refractivity contribution in [3.8, 4) is 0 Å². The van der Waals surface area contributed by atoms with Crippen LogP contribution in [-0.4, -0.2) is 10.1 Å². The third kappa shape index (κ3) is 2.24. The molecule has 0 bridgehead atoms. The highest BCUT2D eigenvalue weighted by atomic mass is 19.3. The first-order chi connectivity index (χ1) is 9.83. The molecular weight excluding hydrogens is 274 g/mol. The number of fused-ring (bicyclic) bond motifs is 1. The minimum Gasteiger partial charge on any atom is -0.361 e. The van der Waals surface area contributed by atoms with E-state index in [1.165, 1.54) is 6.07 Å². The Morgan fingerprint density at radius 2 is 2.05 bits per heavy atom. The Morgan fingerprint density at radius 1 is 1.29 bits per heavy atom. The number of hydrogen-bond donors (Lipinski definition) is 0. The molecule has 0 amide bonds. The van der Waals surface area contributed by atoms with Gasteiger partial charge in [-0.2, -0.15) is 0 Å². The van der Waals surface area contributed by atoms with Crippen LogP contribution >= 0.6 is 0 Å². The van der Waals surface area contributed by atoms with Crippen molar-refractivity contribution in [3.05, 3.63) is 47.1 Å². The number of hydrogen-bond acceptors (Lipinski definition) is 3. The number of nitrogens with zero attached hydrogens (tertiary/aromatic N) is 2. The molecule has 1 aliphatic carbocycles. The van der Waals surface area contributed by atoms with E-state index in [9.17, 15) is 8.78 Å². The van der Waals surface area contributed by atoms with Gasteiger partial charge in [-0.15, -0.1) is 0 Å². The maximum Gasteiger partial charge on any atom is 0.265 e.